The van der Waals surface area contributed by atoms with Crippen molar-refractivity contribution in [2.24, 2.45) is 0 Å². The van der Waals surface area contributed by atoms with Crippen molar-refractivity contribution in [3.05, 3.63) is 53.8 Å². The highest BCUT2D eigenvalue weighted by atomic mass is 35.5. The molecule has 5 nitrogen and oxygen atoms in total. The number of anilines is 1. The van der Waals surface area contributed by atoms with Crippen LogP contribution in [0.1, 0.15) is 0 Å². The van der Waals surface area contributed by atoms with Gasteiger partial charge in [-0.2, -0.15) is 4.98 Å². The van der Waals surface area contributed by atoms with Gasteiger partial charge in [0.05, 0.1) is 0 Å². The van der Waals surface area contributed by atoms with Crippen molar-refractivity contribution in [2.45, 2.75) is 0 Å². The molecule has 22 heavy (non-hydrogen) atoms. The number of halogens is 1. The highest BCUT2D eigenvalue weighted by Gasteiger charge is 2.16. The molecule has 0 fully saturated rings. The van der Waals surface area contributed by atoms with E-state index >= 15 is 0 Å². The second kappa shape index (κ2) is 4.89. The number of aromatic nitrogens is 2. The fraction of sp³-hybridized carbons (Fsp3) is 0. The zero-order valence-electron chi connectivity index (χ0n) is 11.3. The third-order valence-electron chi connectivity index (χ3n) is 3.26. The summed E-state index contributed by atoms with van der Waals surface area (Å²) in [7, 11) is 0. The van der Waals surface area contributed by atoms with Crippen LogP contribution in [-0.2, 0) is 0 Å². The molecule has 0 amide bonds. The minimum absolute atomic E-state index is 0.101. The normalized spacial score (nSPS) is 11.1. The van der Waals surface area contributed by atoms with Gasteiger partial charge in [0.15, 0.2) is 0 Å². The van der Waals surface area contributed by atoms with Gasteiger partial charge in [0.25, 0.3) is 5.88 Å². The van der Waals surface area contributed by atoms with Crippen LogP contribution in [0.3, 0.4) is 0 Å². The maximum absolute atomic E-state index is 6.01. The lowest BCUT2D eigenvalue weighted by molar-refractivity contribution is 0.456. The van der Waals surface area contributed by atoms with E-state index in [1.807, 2.05) is 24.3 Å². The van der Waals surface area contributed by atoms with Gasteiger partial charge in [-0.3, -0.25) is 0 Å². The average Bonchev–Trinajstić information content (AvgIpc) is 2.89. The van der Waals surface area contributed by atoms with E-state index in [2.05, 4.69) is 9.97 Å². The van der Waals surface area contributed by atoms with Crippen LogP contribution in [-0.4, -0.2) is 9.97 Å². The fourth-order valence-corrected chi connectivity index (χ4v) is 2.42. The molecule has 2 aromatic heterocycles. The molecule has 0 aliphatic carbocycles. The minimum Gasteiger partial charge on any atom is -0.449 e. The number of furan rings is 1. The summed E-state index contributed by atoms with van der Waals surface area (Å²) in [5.41, 5.74) is 8.11. The Morgan fingerprint density at radius 2 is 1.77 bits per heavy atom. The van der Waals surface area contributed by atoms with E-state index in [0.717, 1.165) is 5.39 Å². The van der Waals surface area contributed by atoms with E-state index in [9.17, 15) is 0 Å². The molecule has 2 aromatic carbocycles. The van der Waals surface area contributed by atoms with Crippen molar-refractivity contribution >= 4 is 39.4 Å². The number of nitrogen functional groups attached to an aromatic ring is 1. The van der Waals surface area contributed by atoms with Crippen molar-refractivity contribution in [1.82, 2.24) is 9.97 Å². The summed E-state index contributed by atoms with van der Waals surface area (Å²) in [6, 6.07) is 14.6. The Kier molecular flexibility index (Phi) is 2.87. The Balaban J connectivity index is 1.91. The first-order valence-corrected chi connectivity index (χ1v) is 6.97. The van der Waals surface area contributed by atoms with Crippen molar-refractivity contribution in [1.29, 1.82) is 0 Å². The first-order chi connectivity index (χ1) is 10.7. The molecule has 0 bridgehead atoms. The van der Waals surface area contributed by atoms with E-state index in [1.54, 1.807) is 24.3 Å². The van der Waals surface area contributed by atoms with Crippen molar-refractivity contribution in [2.75, 3.05) is 5.73 Å². The van der Waals surface area contributed by atoms with E-state index in [-0.39, 0.29) is 11.2 Å². The molecule has 0 saturated carbocycles. The van der Waals surface area contributed by atoms with Crippen molar-refractivity contribution < 1.29 is 9.15 Å². The first-order valence-electron chi connectivity index (χ1n) is 6.59. The van der Waals surface area contributed by atoms with Gasteiger partial charge in [-0.05, 0) is 48.0 Å². The van der Waals surface area contributed by atoms with Gasteiger partial charge in [0, 0.05) is 11.1 Å². The van der Waals surface area contributed by atoms with Crippen molar-refractivity contribution in [3.8, 4) is 11.6 Å². The van der Waals surface area contributed by atoms with Gasteiger partial charge in [-0.1, -0.05) is 12.1 Å². The summed E-state index contributed by atoms with van der Waals surface area (Å²) in [5, 5.41) is 0.966. The molecular formula is C16H10ClN3O2. The predicted octanol–water partition coefficient (Wildman–Crippen LogP) is 4.40. The molecule has 4 aromatic rings. The predicted molar refractivity (Wildman–Crippen MR) is 85.2 cm³/mol. The summed E-state index contributed by atoms with van der Waals surface area (Å²) < 4.78 is 11.6. The molecule has 0 unspecified atom stereocenters. The number of hydrogen-bond donors (Lipinski definition) is 1. The Labute approximate surface area is 130 Å². The number of benzene rings is 2. The fourth-order valence-electron chi connectivity index (χ4n) is 2.26. The van der Waals surface area contributed by atoms with Crippen LogP contribution < -0.4 is 10.5 Å². The first kappa shape index (κ1) is 12.9. The quantitative estimate of drug-likeness (QED) is 0.438. The molecule has 0 radical (unpaired) electrons. The van der Waals surface area contributed by atoms with Gasteiger partial charge < -0.3 is 14.9 Å². The van der Waals surface area contributed by atoms with E-state index in [4.69, 9.17) is 26.5 Å². The molecule has 0 aliphatic heterocycles. The third-order valence-corrected chi connectivity index (χ3v) is 3.43. The molecule has 108 valence electrons. The number of rotatable bonds is 2. The highest BCUT2D eigenvalue weighted by Crippen LogP contribution is 2.35. The Morgan fingerprint density at radius 1 is 1.00 bits per heavy atom. The highest BCUT2D eigenvalue weighted by molar-refractivity contribution is 6.29. The zero-order chi connectivity index (χ0) is 15.1. The Bertz CT molecular complexity index is 980. The maximum Gasteiger partial charge on any atom is 0.268 e. The number of nitrogens with zero attached hydrogens (tertiary/aromatic N) is 2. The van der Waals surface area contributed by atoms with Crippen LogP contribution in [0.25, 0.3) is 22.1 Å². The molecule has 0 atom stereocenters. The van der Waals surface area contributed by atoms with E-state index < -0.39 is 0 Å². The van der Waals surface area contributed by atoms with Crippen LogP contribution in [0.2, 0.25) is 5.28 Å². The van der Waals surface area contributed by atoms with Gasteiger partial charge in [-0.25, -0.2) is 4.98 Å². The summed E-state index contributed by atoms with van der Waals surface area (Å²) in [6.45, 7) is 0. The van der Waals surface area contributed by atoms with Crippen LogP contribution in [0.15, 0.2) is 52.9 Å². The second-order valence-corrected chi connectivity index (χ2v) is 5.08. The summed E-state index contributed by atoms with van der Waals surface area (Å²) in [6.07, 6.45) is 0. The number of para-hydroxylation sites is 1. The number of ether oxygens (including phenoxy) is 1. The lowest BCUT2D eigenvalue weighted by atomic mass is 10.2. The zero-order valence-corrected chi connectivity index (χ0v) is 12.0. The number of hydrogen-bond acceptors (Lipinski definition) is 5. The van der Waals surface area contributed by atoms with Crippen molar-refractivity contribution in [3.63, 3.8) is 0 Å². The van der Waals surface area contributed by atoms with Gasteiger partial charge in [0.2, 0.25) is 10.9 Å². The molecule has 2 N–H and O–H groups in total. The molecular weight excluding hydrogens is 302 g/mol. The summed E-state index contributed by atoms with van der Waals surface area (Å²) >= 11 is 6.01. The molecule has 0 aliphatic rings. The lowest BCUT2D eigenvalue weighted by Gasteiger charge is -2.05. The Morgan fingerprint density at radius 3 is 2.59 bits per heavy atom. The molecule has 0 spiro atoms. The largest absolute Gasteiger partial charge is 0.449 e. The minimum atomic E-state index is 0.101. The number of nitrogens with two attached hydrogens (primary N) is 1. The van der Waals surface area contributed by atoms with Gasteiger partial charge in [-0.15, -0.1) is 0 Å². The van der Waals surface area contributed by atoms with E-state index in [1.165, 1.54) is 0 Å². The van der Waals surface area contributed by atoms with Crippen LogP contribution >= 0.6 is 11.6 Å². The standard InChI is InChI=1S/C16H10ClN3O2/c17-16-19-13-11-3-1-2-4-12(11)22-14(13)15(20-16)21-10-7-5-9(18)6-8-10/h1-8H,18H2. The topological polar surface area (TPSA) is 74.2 Å². The lowest BCUT2D eigenvalue weighted by Crippen LogP contribution is -1.92. The molecule has 2 heterocycles. The molecule has 0 saturated heterocycles. The SMILES string of the molecule is Nc1ccc(Oc2nc(Cl)nc3c2oc2ccccc23)cc1. The van der Waals surface area contributed by atoms with Gasteiger partial charge in [0.1, 0.15) is 16.8 Å². The summed E-state index contributed by atoms with van der Waals surface area (Å²) in [4.78, 5) is 8.36. The number of fused-ring (bicyclic) bond motifs is 3. The average molecular weight is 312 g/mol. The molecule has 4 rings (SSSR count). The van der Waals surface area contributed by atoms with Crippen LogP contribution in [0.4, 0.5) is 5.69 Å². The third kappa shape index (κ3) is 2.12. The smallest absolute Gasteiger partial charge is 0.268 e. The monoisotopic (exact) mass is 311 g/mol. The van der Waals surface area contributed by atoms with Gasteiger partial charge >= 0.3 is 0 Å². The second-order valence-electron chi connectivity index (χ2n) is 4.74. The maximum atomic E-state index is 6.01. The van der Waals surface area contributed by atoms with Crippen LogP contribution in [0, 0.1) is 0 Å². The Hall–Kier alpha value is -2.79. The van der Waals surface area contributed by atoms with E-state index in [0.29, 0.717) is 28.1 Å². The molecule has 6 heteroatoms. The summed E-state index contributed by atoms with van der Waals surface area (Å²) in [5.74, 6) is 0.863. The van der Waals surface area contributed by atoms with Crippen LogP contribution in [0.5, 0.6) is 11.6 Å².